The first kappa shape index (κ1) is 49.1. The molecule has 0 aliphatic heterocycles. The highest BCUT2D eigenvalue weighted by molar-refractivity contribution is 5.80. The third kappa shape index (κ3) is 35.5. The Balaban J connectivity index is 3.64. The van der Waals surface area contributed by atoms with Gasteiger partial charge in [0.25, 0.3) is 0 Å². The molecular weight excluding hydrogens is 618 g/mol. The predicted octanol–water partition coefficient (Wildman–Crippen LogP) is 12.8. The van der Waals surface area contributed by atoms with Crippen LogP contribution in [0.25, 0.3) is 0 Å². The fourth-order valence-corrected chi connectivity index (χ4v) is 7.07. The molecule has 0 rings (SSSR count). The second-order valence-corrected chi connectivity index (χ2v) is 15.6. The van der Waals surface area contributed by atoms with Crippen LogP contribution in [0.2, 0.25) is 0 Å². The van der Waals surface area contributed by atoms with Crippen LogP contribution in [0, 0.1) is 0 Å². The molecule has 0 saturated carbocycles. The topological polar surface area (TPSA) is 89.8 Å². The van der Waals surface area contributed by atoms with E-state index in [-0.39, 0.29) is 6.61 Å². The summed E-state index contributed by atoms with van der Waals surface area (Å²) in [5.41, 5.74) is 0. The van der Waals surface area contributed by atoms with Gasteiger partial charge in [0.05, 0.1) is 18.8 Å². The second kappa shape index (κ2) is 40.9. The summed E-state index contributed by atoms with van der Waals surface area (Å²) in [6, 6.07) is -0.792. The minimum Gasteiger partial charge on any atom is -0.394 e. The summed E-state index contributed by atoms with van der Waals surface area (Å²) in [6.07, 6.45) is 48.1. The number of aliphatic hydroxyl groups excluding tert-OH is 3. The minimum atomic E-state index is -1.09. The van der Waals surface area contributed by atoms with Crippen molar-refractivity contribution in [2.24, 2.45) is 0 Å². The van der Waals surface area contributed by atoms with E-state index in [0.717, 1.165) is 32.1 Å². The SMILES string of the molecule is CCCCCCCCCCCCCCCCCCC/C=C/C(O)C(CO)NC(=O)C(O)CCCCCCCCCCCCCCCCCCC. The average Bonchev–Trinajstić information content (AvgIpc) is 3.12. The number of hydrogen-bond acceptors (Lipinski definition) is 4. The Labute approximate surface area is 312 Å². The predicted molar refractivity (Wildman–Crippen MR) is 218 cm³/mol. The Bertz CT molecular complexity index is 699. The highest BCUT2D eigenvalue weighted by Gasteiger charge is 2.22. The van der Waals surface area contributed by atoms with Gasteiger partial charge in [0.15, 0.2) is 0 Å². The molecule has 5 heteroatoms. The molecule has 50 heavy (non-hydrogen) atoms. The van der Waals surface area contributed by atoms with E-state index in [1.807, 2.05) is 6.08 Å². The zero-order chi connectivity index (χ0) is 36.6. The zero-order valence-electron chi connectivity index (χ0n) is 33.8. The van der Waals surface area contributed by atoms with Crippen LogP contribution >= 0.6 is 0 Å². The normalized spacial score (nSPS) is 13.6. The maximum absolute atomic E-state index is 12.5. The van der Waals surface area contributed by atoms with E-state index in [1.54, 1.807) is 6.08 Å². The van der Waals surface area contributed by atoms with Crippen molar-refractivity contribution in [3.8, 4) is 0 Å². The molecule has 0 aliphatic rings. The molecule has 0 radical (unpaired) electrons. The lowest BCUT2D eigenvalue weighted by atomic mass is 10.0. The fraction of sp³-hybridized carbons (Fsp3) is 0.933. The molecule has 0 spiro atoms. The average molecular weight is 708 g/mol. The largest absolute Gasteiger partial charge is 0.394 e. The quantitative estimate of drug-likeness (QED) is 0.0376. The Morgan fingerprint density at radius 1 is 0.480 bits per heavy atom. The van der Waals surface area contributed by atoms with Crippen LogP contribution in [0.3, 0.4) is 0 Å². The molecule has 5 nitrogen and oxygen atoms in total. The molecule has 0 bridgehead atoms. The highest BCUT2D eigenvalue weighted by atomic mass is 16.3. The number of aliphatic hydroxyl groups is 3. The Kier molecular flexibility index (Phi) is 40.1. The Hall–Kier alpha value is -0.910. The van der Waals surface area contributed by atoms with Gasteiger partial charge < -0.3 is 20.6 Å². The molecule has 0 heterocycles. The monoisotopic (exact) mass is 708 g/mol. The van der Waals surface area contributed by atoms with Crippen molar-refractivity contribution < 1.29 is 20.1 Å². The number of rotatable bonds is 41. The molecule has 3 atom stereocenters. The number of carbonyl (C=O) groups excluding carboxylic acids is 1. The Morgan fingerprint density at radius 2 is 0.780 bits per heavy atom. The third-order valence-corrected chi connectivity index (χ3v) is 10.6. The lowest BCUT2D eigenvalue weighted by Crippen LogP contribution is -2.48. The summed E-state index contributed by atoms with van der Waals surface area (Å²) < 4.78 is 0. The van der Waals surface area contributed by atoms with Gasteiger partial charge in [-0.1, -0.05) is 238 Å². The van der Waals surface area contributed by atoms with Crippen LogP contribution in [0.5, 0.6) is 0 Å². The van der Waals surface area contributed by atoms with Crippen molar-refractivity contribution in [2.45, 2.75) is 263 Å². The number of hydrogen-bond donors (Lipinski definition) is 4. The van der Waals surface area contributed by atoms with Gasteiger partial charge in [-0.15, -0.1) is 0 Å². The van der Waals surface area contributed by atoms with E-state index < -0.39 is 24.2 Å². The zero-order valence-corrected chi connectivity index (χ0v) is 33.8. The van der Waals surface area contributed by atoms with E-state index >= 15 is 0 Å². The van der Waals surface area contributed by atoms with Crippen molar-refractivity contribution in [2.75, 3.05) is 6.61 Å². The molecule has 4 N–H and O–H groups in total. The van der Waals surface area contributed by atoms with Gasteiger partial charge in [0, 0.05) is 0 Å². The molecule has 0 aliphatic carbocycles. The van der Waals surface area contributed by atoms with Gasteiger partial charge in [0.1, 0.15) is 6.10 Å². The first-order valence-corrected chi connectivity index (χ1v) is 22.5. The summed E-state index contributed by atoms with van der Waals surface area (Å²) in [5.74, 6) is -0.499. The molecular formula is C45H89NO4. The van der Waals surface area contributed by atoms with Crippen LogP contribution < -0.4 is 5.32 Å². The molecule has 0 saturated heterocycles. The maximum atomic E-state index is 12.5. The standard InChI is InChI=1S/C45H89NO4/c1-3-5-7-9-11-13-15-17-19-21-22-24-25-27-29-31-33-35-37-39-43(48)42(41-47)46-45(50)44(49)40-38-36-34-32-30-28-26-23-20-18-16-14-12-10-8-6-4-2/h37,39,42-44,47-49H,3-36,38,40-41H2,1-2H3,(H,46,50)/b39-37+. The van der Waals surface area contributed by atoms with Crippen molar-refractivity contribution in [3.05, 3.63) is 12.2 Å². The first-order valence-electron chi connectivity index (χ1n) is 22.5. The summed E-state index contributed by atoms with van der Waals surface area (Å²) >= 11 is 0. The summed E-state index contributed by atoms with van der Waals surface area (Å²) in [6.45, 7) is 4.20. The van der Waals surface area contributed by atoms with Crippen molar-refractivity contribution in [3.63, 3.8) is 0 Å². The van der Waals surface area contributed by atoms with E-state index in [0.29, 0.717) is 6.42 Å². The smallest absolute Gasteiger partial charge is 0.249 e. The van der Waals surface area contributed by atoms with Crippen molar-refractivity contribution >= 4 is 5.91 Å². The van der Waals surface area contributed by atoms with Gasteiger partial charge in [-0.2, -0.15) is 0 Å². The van der Waals surface area contributed by atoms with Gasteiger partial charge in [-0.25, -0.2) is 0 Å². The van der Waals surface area contributed by atoms with Crippen LogP contribution in [0.4, 0.5) is 0 Å². The second-order valence-electron chi connectivity index (χ2n) is 15.6. The molecule has 0 aromatic carbocycles. The van der Waals surface area contributed by atoms with Gasteiger partial charge >= 0.3 is 0 Å². The van der Waals surface area contributed by atoms with E-state index in [1.165, 1.54) is 193 Å². The molecule has 298 valence electrons. The fourth-order valence-electron chi connectivity index (χ4n) is 7.07. The van der Waals surface area contributed by atoms with Crippen LogP contribution in [0.15, 0.2) is 12.2 Å². The number of unbranched alkanes of at least 4 members (excludes halogenated alkanes) is 33. The lowest BCUT2D eigenvalue weighted by molar-refractivity contribution is -0.131. The molecule has 0 aromatic rings. The Morgan fingerprint density at radius 3 is 1.10 bits per heavy atom. The summed E-state index contributed by atoms with van der Waals surface area (Å²) in [7, 11) is 0. The summed E-state index contributed by atoms with van der Waals surface area (Å²) in [5, 5.41) is 33.2. The van der Waals surface area contributed by atoms with Gasteiger partial charge in [0.2, 0.25) is 5.91 Å². The third-order valence-electron chi connectivity index (χ3n) is 10.6. The lowest BCUT2D eigenvalue weighted by Gasteiger charge is -2.21. The molecule has 0 fully saturated rings. The van der Waals surface area contributed by atoms with Crippen molar-refractivity contribution in [1.29, 1.82) is 0 Å². The van der Waals surface area contributed by atoms with Crippen molar-refractivity contribution in [1.82, 2.24) is 5.32 Å². The number of carbonyl (C=O) groups is 1. The number of amides is 1. The van der Waals surface area contributed by atoms with E-state index in [9.17, 15) is 20.1 Å². The first-order chi connectivity index (χ1) is 24.6. The minimum absolute atomic E-state index is 0.359. The van der Waals surface area contributed by atoms with Gasteiger partial charge in [-0.3, -0.25) is 4.79 Å². The maximum Gasteiger partial charge on any atom is 0.249 e. The molecule has 0 aromatic heterocycles. The number of nitrogens with one attached hydrogen (secondary N) is 1. The molecule has 3 unspecified atom stereocenters. The number of allylic oxidation sites excluding steroid dienone is 1. The van der Waals surface area contributed by atoms with Crippen LogP contribution in [0.1, 0.15) is 245 Å². The molecule has 1 amide bonds. The highest BCUT2D eigenvalue weighted by Crippen LogP contribution is 2.16. The van der Waals surface area contributed by atoms with Crippen LogP contribution in [-0.4, -0.2) is 46.1 Å². The summed E-state index contributed by atoms with van der Waals surface area (Å²) in [4.78, 5) is 12.5. The van der Waals surface area contributed by atoms with Gasteiger partial charge in [-0.05, 0) is 19.3 Å². The van der Waals surface area contributed by atoms with E-state index in [2.05, 4.69) is 19.2 Å². The van der Waals surface area contributed by atoms with E-state index in [4.69, 9.17) is 0 Å². The van der Waals surface area contributed by atoms with Crippen LogP contribution in [-0.2, 0) is 4.79 Å².